The number of benzene rings is 1. The predicted molar refractivity (Wildman–Crippen MR) is 72.7 cm³/mol. The largest absolute Gasteiger partial charge is 0.399 e. The second-order valence-corrected chi connectivity index (χ2v) is 4.63. The minimum absolute atomic E-state index is 0.181. The van der Waals surface area contributed by atoms with Crippen molar-refractivity contribution >= 4 is 28.8 Å². The Labute approximate surface area is 109 Å². The third kappa shape index (κ3) is 2.84. The summed E-state index contributed by atoms with van der Waals surface area (Å²) >= 11 is 1.12. The molecule has 94 valence electrons. The van der Waals surface area contributed by atoms with Crippen molar-refractivity contribution in [1.29, 1.82) is 0 Å². The van der Waals surface area contributed by atoms with Crippen LogP contribution in [0, 0.1) is 0 Å². The van der Waals surface area contributed by atoms with Gasteiger partial charge in [0.25, 0.3) is 5.91 Å². The number of nitrogens with one attached hydrogen (secondary N) is 1. The van der Waals surface area contributed by atoms with E-state index in [4.69, 9.17) is 5.73 Å². The first-order valence-electron chi connectivity index (χ1n) is 5.69. The monoisotopic (exact) mass is 262 g/mol. The average molecular weight is 262 g/mol. The molecular formula is C12H14N4OS. The van der Waals surface area contributed by atoms with Gasteiger partial charge in [-0.15, -0.1) is 5.10 Å². The van der Waals surface area contributed by atoms with Gasteiger partial charge in [0.1, 0.15) is 4.88 Å². The molecule has 0 unspecified atom stereocenters. The van der Waals surface area contributed by atoms with E-state index in [2.05, 4.69) is 14.9 Å². The van der Waals surface area contributed by atoms with E-state index in [9.17, 15) is 4.79 Å². The van der Waals surface area contributed by atoms with E-state index in [0.29, 0.717) is 16.3 Å². The Morgan fingerprint density at radius 2 is 2.33 bits per heavy atom. The van der Waals surface area contributed by atoms with E-state index < -0.39 is 0 Å². The van der Waals surface area contributed by atoms with E-state index in [1.165, 1.54) is 0 Å². The lowest BCUT2D eigenvalue weighted by atomic mass is 10.2. The molecule has 0 fully saturated rings. The maximum atomic E-state index is 12.1. The molecule has 1 amide bonds. The highest BCUT2D eigenvalue weighted by molar-refractivity contribution is 7.08. The fourth-order valence-corrected chi connectivity index (χ4v) is 2.19. The molecule has 0 aliphatic rings. The Balaban J connectivity index is 2.14. The summed E-state index contributed by atoms with van der Waals surface area (Å²) in [7, 11) is 0. The van der Waals surface area contributed by atoms with Crippen LogP contribution in [0.3, 0.4) is 0 Å². The molecule has 0 saturated heterocycles. The first kappa shape index (κ1) is 12.5. The van der Waals surface area contributed by atoms with E-state index >= 15 is 0 Å². The van der Waals surface area contributed by atoms with Crippen molar-refractivity contribution in [3.63, 3.8) is 0 Å². The summed E-state index contributed by atoms with van der Waals surface area (Å²) in [6.07, 6.45) is 1.69. The van der Waals surface area contributed by atoms with Crippen molar-refractivity contribution in [2.24, 2.45) is 0 Å². The van der Waals surface area contributed by atoms with Crippen LogP contribution >= 0.6 is 11.5 Å². The number of rotatable bonds is 4. The number of anilines is 2. The lowest BCUT2D eigenvalue weighted by molar-refractivity contribution is 0.102. The van der Waals surface area contributed by atoms with Crippen LogP contribution < -0.4 is 11.1 Å². The average Bonchev–Trinajstić information content (AvgIpc) is 2.78. The molecular weight excluding hydrogens is 248 g/mol. The van der Waals surface area contributed by atoms with Crippen LogP contribution in [0.5, 0.6) is 0 Å². The molecule has 0 spiro atoms. The molecule has 6 heteroatoms. The number of hydrogen-bond donors (Lipinski definition) is 2. The topological polar surface area (TPSA) is 80.9 Å². The predicted octanol–water partition coefficient (Wildman–Crippen LogP) is 2.33. The minimum atomic E-state index is -0.181. The van der Waals surface area contributed by atoms with Gasteiger partial charge in [-0.3, -0.25) is 4.79 Å². The SMILES string of the molecule is CCCc1nnsc1C(=O)Nc1cccc(N)c1. The summed E-state index contributed by atoms with van der Waals surface area (Å²) in [5, 5.41) is 6.76. The van der Waals surface area contributed by atoms with Gasteiger partial charge in [0.2, 0.25) is 0 Å². The molecule has 0 radical (unpaired) electrons. The molecule has 1 heterocycles. The number of aromatic nitrogens is 2. The minimum Gasteiger partial charge on any atom is -0.399 e. The molecule has 0 aliphatic carbocycles. The fraction of sp³-hybridized carbons (Fsp3) is 0.250. The van der Waals surface area contributed by atoms with Crippen molar-refractivity contribution < 1.29 is 4.79 Å². The number of amides is 1. The summed E-state index contributed by atoms with van der Waals surface area (Å²) in [5.41, 5.74) is 7.70. The number of hydrogen-bond acceptors (Lipinski definition) is 5. The molecule has 0 saturated carbocycles. The van der Waals surface area contributed by atoms with E-state index in [1.54, 1.807) is 24.3 Å². The second-order valence-electron chi connectivity index (χ2n) is 3.88. The summed E-state index contributed by atoms with van der Waals surface area (Å²) in [6, 6.07) is 7.07. The Morgan fingerprint density at radius 3 is 3.06 bits per heavy atom. The number of nitrogen functional groups attached to an aromatic ring is 1. The van der Waals surface area contributed by atoms with Crippen LogP contribution in [0.15, 0.2) is 24.3 Å². The van der Waals surface area contributed by atoms with Gasteiger partial charge >= 0.3 is 0 Å². The van der Waals surface area contributed by atoms with Crippen molar-refractivity contribution in [3.05, 3.63) is 34.8 Å². The highest BCUT2D eigenvalue weighted by atomic mass is 32.1. The first-order chi connectivity index (χ1) is 8.70. The van der Waals surface area contributed by atoms with Gasteiger partial charge in [-0.2, -0.15) is 0 Å². The smallest absolute Gasteiger partial charge is 0.269 e. The van der Waals surface area contributed by atoms with Gasteiger partial charge < -0.3 is 11.1 Å². The lowest BCUT2D eigenvalue weighted by Gasteiger charge is -2.04. The summed E-state index contributed by atoms with van der Waals surface area (Å²) in [4.78, 5) is 12.6. The van der Waals surface area contributed by atoms with E-state index in [0.717, 1.165) is 30.1 Å². The van der Waals surface area contributed by atoms with Crippen LogP contribution in [0.4, 0.5) is 11.4 Å². The quantitative estimate of drug-likeness (QED) is 0.829. The van der Waals surface area contributed by atoms with Crippen LogP contribution in [0.2, 0.25) is 0 Å². The van der Waals surface area contributed by atoms with Gasteiger partial charge in [0, 0.05) is 11.4 Å². The summed E-state index contributed by atoms with van der Waals surface area (Å²) in [6.45, 7) is 2.04. The maximum absolute atomic E-state index is 12.1. The normalized spacial score (nSPS) is 10.3. The second kappa shape index (κ2) is 5.59. The molecule has 0 atom stereocenters. The Kier molecular flexibility index (Phi) is 3.88. The Hall–Kier alpha value is -1.95. The zero-order valence-electron chi connectivity index (χ0n) is 10.0. The molecule has 0 bridgehead atoms. The number of carbonyl (C=O) groups is 1. The van der Waals surface area contributed by atoms with Crippen molar-refractivity contribution in [2.75, 3.05) is 11.1 Å². The van der Waals surface area contributed by atoms with E-state index in [-0.39, 0.29) is 5.91 Å². The Morgan fingerprint density at radius 1 is 1.50 bits per heavy atom. The van der Waals surface area contributed by atoms with Crippen LogP contribution in [-0.4, -0.2) is 15.5 Å². The van der Waals surface area contributed by atoms with E-state index in [1.807, 2.05) is 6.92 Å². The van der Waals surface area contributed by atoms with Gasteiger partial charge in [0.05, 0.1) is 5.69 Å². The molecule has 0 aliphatic heterocycles. The van der Waals surface area contributed by atoms with Crippen molar-refractivity contribution in [3.8, 4) is 0 Å². The molecule has 1 aromatic heterocycles. The Bertz CT molecular complexity index is 553. The summed E-state index contributed by atoms with van der Waals surface area (Å²) in [5.74, 6) is -0.181. The molecule has 2 aromatic rings. The molecule has 2 rings (SSSR count). The fourth-order valence-electron chi connectivity index (χ4n) is 1.59. The molecule has 1 aromatic carbocycles. The highest BCUT2D eigenvalue weighted by Crippen LogP contribution is 2.17. The number of carbonyl (C=O) groups excluding carboxylic acids is 1. The maximum Gasteiger partial charge on any atom is 0.269 e. The molecule has 3 N–H and O–H groups in total. The number of nitrogens with two attached hydrogens (primary N) is 1. The van der Waals surface area contributed by atoms with Gasteiger partial charge in [0.15, 0.2) is 0 Å². The van der Waals surface area contributed by atoms with Gasteiger partial charge in [-0.05, 0) is 36.2 Å². The van der Waals surface area contributed by atoms with Crippen molar-refractivity contribution in [1.82, 2.24) is 9.59 Å². The summed E-state index contributed by atoms with van der Waals surface area (Å²) < 4.78 is 3.83. The zero-order chi connectivity index (χ0) is 13.0. The first-order valence-corrected chi connectivity index (χ1v) is 6.46. The third-order valence-electron chi connectivity index (χ3n) is 2.39. The highest BCUT2D eigenvalue weighted by Gasteiger charge is 2.15. The number of aryl methyl sites for hydroxylation is 1. The standard InChI is InChI=1S/C12H14N4OS/c1-2-4-10-11(18-16-15-10)12(17)14-9-6-3-5-8(13)7-9/h3,5-7H,2,4,13H2,1H3,(H,14,17). The van der Waals surface area contributed by atoms with Crippen LogP contribution in [0.1, 0.15) is 28.7 Å². The number of nitrogens with zero attached hydrogens (tertiary/aromatic N) is 2. The van der Waals surface area contributed by atoms with Crippen molar-refractivity contribution in [2.45, 2.75) is 19.8 Å². The van der Waals surface area contributed by atoms with Crippen LogP contribution in [-0.2, 0) is 6.42 Å². The van der Waals surface area contributed by atoms with Gasteiger partial charge in [-0.25, -0.2) is 0 Å². The van der Waals surface area contributed by atoms with Crippen LogP contribution in [0.25, 0.3) is 0 Å². The molecule has 5 nitrogen and oxygen atoms in total. The lowest BCUT2D eigenvalue weighted by Crippen LogP contribution is -2.12. The third-order valence-corrected chi connectivity index (χ3v) is 3.16. The van der Waals surface area contributed by atoms with Gasteiger partial charge in [-0.1, -0.05) is 23.9 Å². The zero-order valence-corrected chi connectivity index (χ0v) is 10.8. The molecule has 18 heavy (non-hydrogen) atoms.